The van der Waals surface area contributed by atoms with Gasteiger partial charge in [0, 0.05) is 32.7 Å². The van der Waals surface area contributed by atoms with Gasteiger partial charge in [-0.05, 0) is 31.5 Å². The molecule has 0 radical (unpaired) electrons. The van der Waals surface area contributed by atoms with E-state index in [1.165, 1.54) is 17.0 Å². The highest BCUT2D eigenvalue weighted by molar-refractivity contribution is 5.40. The van der Waals surface area contributed by atoms with Crippen molar-refractivity contribution in [2.75, 3.05) is 44.7 Å². The zero-order valence-electron chi connectivity index (χ0n) is 12.8. The number of nitrogens with one attached hydrogen (secondary N) is 1. The van der Waals surface area contributed by atoms with Crippen molar-refractivity contribution in [2.45, 2.75) is 32.7 Å². The van der Waals surface area contributed by atoms with Gasteiger partial charge in [0.2, 0.25) is 5.95 Å². The molecule has 2 aliphatic heterocycles. The van der Waals surface area contributed by atoms with Gasteiger partial charge < -0.3 is 15.1 Å². The van der Waals surface area contributed by atoms with Crippen LogP contribution >= 0.6 is 0 Å². The first-order chi connectivity index (χ1) is 9.65. The zero-order valence-corrected chi connectivity index (χ0v) is 12.8. The second-order valence-electron chi connectivity index (χ2n) is 6.21. The van der Waals surface area contributed by atoms with Crippen LogP contribution in [0.4, 0.5) is 5.95 Å². The van der Waals surface area contributed by atoms with Gasteiger partial charge in [0.05, 0.1) is 11.4 Å². The lowest BCUT2D eigenvalue weighted by Crippen LogP contribution is -2.45. The number of hydrogen-bond acceptors (Lipinski definition) is 5. The maximum atomic E-state index is 4.90. The Morgan fingerprint density at radius 1 is 1.10 bits per heavy atom. The average molecular weight is 275 g/mol. The lowest BCUT2D eigenvalue weighted by atomic mass is 9.97. The van der Waals surface area contributed by atoms with Gasteiger partial charge in [0.15, 0.2) is 0 Å². The summed E-state index contributed by atoms with van der Waals surface area (Å²) in [5.41, 5.74) is 3.85. The van der Waals surface area contributed by atoms with Gasteiger partial charge in [0.1, 0.15) is 0 Å². The third-order valence-corrected chi connectivity index (χ3v) is 4.29. The minimum atomic E-state index is 0.469. The SMILES string of the molecule is CC(C)c1nc(N2CCN(C)CC2)nc2c1CCNC2. The monoisotopic (exact) mass is 275 g/mol. The third kappa shape index (κ3) is 2.65. The number of nitrogens with zero attached hydrogens (tertiary/aromatic N) is 4. The molecular formula is C15H25N5. The third-order valence-electron chi connectivity index (χ3n) is 4.29. The molecular weight excluding hydrogens is 250 g/mol. The molecule has 1 N–H and O–H groups in total. The summed E-state index contributed by atoms with van der Waals surface area (Å²) in [6.45, 7) is 10.6. The fourth-order valence-corrected chi connectivity index (χ4v) is 3.00. The molecule has 0 bridgehead atoms. The molecule has 1 fully saturated rings. The van der Waals surface area contributed by atoms with Crippen molar-refractivity contribution < 1.29 is 0 Å². The summed E-state index contributed by atoms with van der Waals surface area (Å²) in [6, 6.07) is 0. The fraction of sp³-hybridized carbons (Fsp3) is 0.733. The summed E-state index contributed by atoms with van der Waals surface area (Å²) in [7, 11) is 2.18. The van der Waals surface area contributed by atoms with Crippen molar-refractivity contribution >= 4 is 5.95 Å². The molecule has 0 atom stereocenters. The minimum absolute atomic E-state index is 0.469. The molecule has 0 aromatic carbocycles. The molecule has 2 aliphatic rings. The topological polar surface area (TPSA) is 44.3 Å². The van der Waals surface area contributed by atoms with Crippen LogP contribution in [0.25, 0.3) is 0 Å². The van der Waals surface area contributed by atoms with Gasteiger partial charge in [-0.1, -0.05) is 13.8 Å². The highest BCUT2D eigenvalue weighted by atomic mass is 15.3. The maximum absolute atomic E-state index is 4.90. The van der Waals surface area contributed by atoms with Crippen LogP contribution in [0.3, 0.4) is 0 Å². The van der Waals surface area contributed by atoms with E-state index in [0.29, 0.717) is 5.92 Å². The molecule has 0 saturated carbocycles. The van der Waals surface area contributed by atoms with Gasteiger partial charge in [-0.3, -0.25) is 0 Å². The molecule has 3 rings (SSSR count). The second kappa shape index (κ2) is 5.66. The van der Waals surface area contributed by atoms with Crippen LogP contribution in [0.5, 0.6) is 0 Å². The molecule has 1 aromatic rings. The van der Waals surface area contributed by atoms with Crippen molar-refractivity contribution in [1.82, 2.24) is 20.2 Å². The van der Waals surface area contributed by atoms with Crippen LogP contribution in [0, 0.1) is 0 Å². The summed E-state index contributed by atoms with van der Waals surface area (Å²) in [6.07, 6.45) is 1.06. The molecule has 5 nitrogen and oxygen atoms in total. The second-order valence-corrected chi connectivity index (χ2v) is 6.21. The number of anilines is 1. The summed E-state index contributed by atoms with van der Waals surface area (Å²) in [5, 5.41) is 3.43. The van der Waals surface area contributed by atoms with E-state index < -0.39 is 0 Å². The molecule has 1 aromatic heterocycles. The number of rotatable bonds is 2. The van der Waals surface area contributed by atoms with E-state index in [-0.39, 0.29) is 0 Å². The standard InChI is InChI=1S/C15H25N5/c1-11(2)14-12-4-5-16-10-13(12)17-15(18-14)20-8-6-19(3)7-9-20/h11,16H,4-10H2,1-3H3. The molecule has 20 heavy (non-hydrogen) atoms. The first-order valence-corrected chi connectivity index (χ1v) is 7.69. The first-order valence-electron chi connectivity index (χ1n) is 7.69. The van der Waals surface area contributed by atoms with Gasteiger partial charge in [0.25, 0.3) is 0 Å². The van der Waals surface area contributed by atoms with Gasteiger partial charge in [-0.2, -0.15) is 0 Å². The van der Waals surface area contributed by atoms with Gasteiger partial charge in [-0.15, -0.1) is 0 Å². The lowest BCUT2D eigenvalue weighted by molar-refractivity contribution is 0.311. The van der Waals surface area contributed by atoms with E-state index in [9.17, 15) is 0 Å². The quantitative estimate of drug-likeness (QED) is 0.872. The molecule has 0 aliphatic carbocycles. The van der Waals surface area contributed by atoms with Gasteiger partial charge >= 0.3 is 0 Å². The van der Waals surface area contributed by atoms with Crippen LogP contribution < -0.4 is 10.2 Å². The Bertz CT molecular complexity index is 477. The minimum Gasteiger partial charge on any atom is -0.338 e. The van der Waals surface area contributed by atoms with Gasteiger partial charge in [-0.25, -0.2) is 9.97 Å². The van der Waals surface area contributed by atoms with E-state index in [4.69, 9.17) is 9.97 Å². The van der Waals surface area contributed by atoms with E-state index in [0.717, 1.165) is 51.6 Å². The van der Waals surface area contributed by atoms with Crippen molar-refractivity contribution in [3.05, 3.63) is 17.0 Å². The fourth-order valence-electron chi connectivity index (χ4n) is 3.00. The molecule has 1 saturated heterocycles. The lowest BCUT2D eigenvalue weighted by Gasteiger charge is -2.33. The normalized spacial score (nSPS) is 20.3. The maximum Gasteiger partial charge on any atom is 0.225 e. The van der Waals surface area contributed by atoms with Crippen molar-refractivity contribution in [3.8, 4) is 0 Å². The number of likely N-dealkylation sites (N-methyl/N-ethyl adjacent to an activating group) is 1. The predicted octanol–water partition coefficient (Wildman–Crippen LogP) is 0.997. The van der Waals surface area contributed by atoms with Crippen molar-refractivity contribution in [3.63, 3.8) is 0 Å². The first kappa shape index (κ1) is 13.8. The van der Waals surface area contributed by atoms with E-state index >= 15 is 0 Å². The largest absolute Gasteiger partial charge is 0.338 e. The Labute approximate surface area is 121 Å². The zero-order chi connectivity index (χ0) is 14.1. The molecule has 3 heterocycles. The highest BCUT2D eigenvalue weighted by Gasteiger charge is 2.23. The molecule has 0 spiro atoms. The van der Waals surface area contributed by atoms with Crippen LogP contribution in [0.15, 0.2) is 0 Å². The summed E-state index contributed by atoms with van der Waals surface area (Å²) in [5.74, 6) is 1.40. The van der Waals surface area contributed by atoms with Crippen LogP contribution in [0.2, 0.25) is 0 Å². The summed E-state index contributed by atoms with van der Waals surface area (Å²) < 4.78 is 0. The van der Waals surface area contributed by atoms with E-state index in [2.05, 4.69) is 36.0 Å². The van der Waals surface area contributed by atoms with E-state index in [1.807, 2.05) is 0 Å². The van der Waals surface area contributed by atoms with Crippen LogP contribution in [-0.2, 0) is 13.0 Å². The predicted molar refractivity (Wildman–Crippen MR) is 81.2 cm³/mol. The summed E-state index contributed by atoms with van der Waals surface area (Å²) in [4.78, 5) is 14.4. The highest BCUT2D eigenvalue weighted by Crippen LogP contribution is 2.25. The smallest absolute Gasteiger partial charge is 0.225 e. The Hall–Kier alpha value is -1.20. The van der Waals surface area contributed by atoms with E-state index in [1.54, 1.807) is 0 Å². The molecule has 110 valence electrons. The van der Waals surface area contributed by atoms with Crippen molar-refractivity contribution in [1.29, 1.82) is 0 Å². The Morgan fingerprint density at radius 3 is 2.55 bits per heavy atom. The molecule has 5 heteroatoms. The average Bonchev–Trinajstić information content (AvgIpc) is 2.46. The molecule has 0 unspecified atom stereocenters. The number of aromatic nitrogens is 2. The number of hydrogen-bond donors (Lipinski definition) is 1. The van der Waals surface area contributed by atoms with Crippen LogP contribution in [-0.4, -0.2) is 54.6 Å². The van der Waals surface area contributed by atoms with Crippen molar-refractivity contribution in [2.24, 2.45) is 0 Å². The Morgan fingerprint density at radius 2 is 1.85 bits per heavy atom. The number of piperazine rings is 1. The molecule has 0 amide bonds. The van der Waals surface area contributed by atoms with Crippen LogP contribution in [0.1, 0.15) is 36.7 Å². The number of fused-ring (bicyclic) bond motifs is 1. The summed E-state index contributed by atoms with van der Waals surface area (Å²) >= 11 is 0. The Balaban J connectivity index is 1.93. The Kier molecular flexibility index (Phi) is 3.89.